The van der Waals surface area contributed by atoms with Gasteiger partial charge in [-0.25, -0.2) is 0 Å². The van der Waals surface area contributed by atoms with E-state index in [1.807, 2.05) is 36.4 Å². The van der Waals surface area contributed by atoms with E-state index in [1.165, 1.54) is 0 Å². The summed E-state index contributed by atoms with van der Waals surface area (Å²) >= 11 is 0. The van der Waals surface area contributed by atoms with Gasteiger partial charge < -0.3 is 10.2 Å². The first-order chi connectivity index (χ1) is 10.7. The molecule has 1 aliphatic heterocycles. The second-order valence-electron chi connectivity index (χ2n) is 5.27. The summed E-state index contributed by atoms with van der Waals surface area (Å²) in [5.41, 5.74) is 0.999. The number of nitrogens with one attached hydrogen (secondary N) is 1. The number of hydrogen-bond donors (Lipinski definition) is 1. The molecule has 0 spiro atoms. The van der Waals surface area contributed by atoms with Gasteiger partial charge >= 0.3 is 0 Å². The Balaban J connectivity index is 1.81. The van der Waals surface area contributed by atoms with Crippen molar-refractivity contribution in [1.82, 2.24) is 10.2 Å². The van der Waals surface area contributed by atoms with E-state index in [0.717, 1.165) is 5.56 Å². The fourth-order valence-corrected chi connectivity index (χ4v) is 2.48. The summed E-state index contributed by atoms with van der Waals surface area (Å²) in [6, 6.07) is 9.71. The minimum Gasteiger partial charge on any atom is -0.345 e. The van der Waals surface area contributed by atoms with Crippen molar-refractivity contribution in [2.45, 2.75) is 12.8 Å². The Morgan fingerprint density at radius 3 is 2.59 bits per heavy atom. The Labute approximate surface area is 131 Å². The van der Waals surface area contributed by atoms with Crippen molar-refractivity contribution in [3.05, 3.63) is 42.0 Å². The van der Waals surface area contributed by atoms with Crippen molar-refractivity contribution in [2.75, 3.05) is 19.6 Å². The molecule has 0 saturated carbocycles. The molecule has 4 heteroatoms. The summed E-state index contributed by atoms with van der Waals surface area (Å²) in [6.45, 7) is 1.47. The molecule has 1 aromatic carbocycles. The van der Waals surface area contributed by atoms with Crippen LogP contribution >= 0.6 is 0 Å². The molecule has 1 N–H and O–H groups in total. The topological polar surface area (TPSA) is 49.4 Å². The summed E-state index contributed by atoms with van der Waals surface area (Å²) in [6.07, 6.45) is 9.89. The van der Waals surface area contributed by atoms with Crippen LogP contribution in [-0.4, -0.2) is 36.3 Å². The fourth-order valence-electron chi connectivity index (χ4n) is 2.48. The smallest absolute Gasteiger partial charge is 0.246 e. The number of likely N-dealkylation sites (tertiary alicyclic amines) is 1. The number of nitrogens with zero attached hydrogens (tertiary/aromatic N) is 1. The second-order valence-corrected chi connectivity index (χ2v) is 5.27. The van der Waals surface area contributed by atoms with Crippen molar-refractivity contribution in [3.63, 3.8) is 0 Å². The summed E-state index contributed by atoms with van der Waals surface area (Å²) in [5.74, 6) is 2.33. The molecule has 2 amide bonds. The number of rotatable bonds is 4. The Morgan fingerprint density at radius 1 is 1.27 bits per heavy atom. The van der Waals surface area contributed by atoms with Crippen molar-refractivity contribution < 1.29 is 9.59 Å². The van der Waals surface area contributed by atoms with Gasteiger partial charge in [-0.3, -0.25) is 9.59 Å². The summed E-state index contributed by atoms with van der Waals surface area (Å²) in [4.78, 5) is 25.7. The van der Waals surface area contributed by atoms with Gasteiger partial charge in [-0.2, -0.15) is 0 Å². The van der Waals surface area contributed by atoms with Gasteiger partial charge in [0.05, 0.1) is 6.54 Å². The van der Waals surface area contributed by atoms with Crippen molar-refractivity contribution >= 4 is 17.9 Å². The predicted octanol–water partition coefficient (Wildman–Crippen LogP) is 1.69. The molecule has 0 bridgehead atoms. The minimum atomic E-state index is -0.0458. The van der Waals surface area contributed by atoms with Crippen LogP contribution in [-0.2, 0) is 9.59 Å². The van der Waals surface area contributed by atoms with E-state index in [1.54, 1.807) is 11.0 Å². The minimum absolute atomic E-state index is 0.00802. The number of hydrogen-bond acceptors (Lipinski definition) is 2. The first-order valence-corrected chi connectivity index (χ1v) is 7.44. The third-order valence-electron chi connectivity index (χ3n) is 3.76. The molecular formula is C18H20N2O2. The van der Waals surface area contributed by atoms with E-state index in [0.29, 0.717) is 25.9 Å². The van der Waals surface area contributed by atoms with Crippen molar-refractivity contribution in [1.29, 1.82) is 0 Å². The van der Waals surface area contributed by atoms with E-state index in [-0.39, 0.29) is 24.3 Å². The first-order valence-electron chi connectivity index (χ1n) is 7.44. The zero-order chi connectivity index (χ0) is 15.8. The maximum absolute atomic E-state index is 12.1. The van der Waals surface area contributed by atoms with Crippen LogP contribution in [0.3, 0.4) is 0 Å². The van der Waals surface area contributed by atoms with E-state index in [2.05, 4.69) is 11.2 Å². The van der Waals surface area contributed by atoms with Crippen molar-refractivity contribution in [3.8, 4) is 12.3 Å². The predicted molar refractivity (Wildman–Crippen MR) is 86.6 cm³/mol. The van der Waals surface area contributed by atoms with Crippen LogP contribution < -0.4 is 5.32 Å². The highest BCUT2D eigenvalue weighted by Gasteiger charge is 2.26. The van der Waals surface area contributed by atoms with E-state index in [9.17, 15) is 9.59 Å². The van der Waals surface area contributed by atoms with Crippen LogP contribution in [0.2, 0.25) is 0 Å². The molecule has 0 radical (unpaired) electrons. The van der Waals surface area contributed by atoms with E-state index < -0.39 is 0 Å². The van der Waals surface area contributed by atoms with Crippen molar-refractivity contribution in [2.24, 2.45) is 5.92 Å². The molecule has 0 aromatic heterocycles. The zero-order valence-corrected chi connectivity index (χ0v) is 12.5. The Kier molecular flexibility index (Phi) is 5.79. The Hall–Kier alpha value is -2.54. The number of benzene rings is 1. The fraction of sp³-hybridized carbons (Fsp3) is 0.333. The summed E-state index contributed by atoms with van der Waals surface area (Å²) in [5, 5.41) is 2.70. The molecule has 0 aliphatic carbocycles. The van der Waals surface area contributed by atoms with Gasteiger partial charge in [0, 0.05) is 25.1 Å². The molecule has 1 saturated heterocycles. The molecule has 0 atom stereocenters. The lowest BCUT2D eigenvalue weighted by Crippen LogP contribution is -2.42. The Morgan fingerprint density at radius 2 is 1.95 bits per heavy atom. The van der Waals surface area contributed by atoms with Crippen LogP contribution in [0.1, 0.15) is 18.4 Å². The highest BCUT2D eigenvalue weighted by Crippen LogP contribution is 2.17. The lowest BCUT2D eigenvalue weighted by Gasteiger charge is -2.30. The number of piperidine rings is 1. The van der Waals surface area contributed by atoms with Gasteiger partial charge in [0.2, 0.25) is 11.8 Å². The average molecular weight is 296 g/mol. The number of carbonyl (C=O) groups is 2. The standard InChI is InChI=1S/C18H20N2O2/c1-2-12-19-18(22)16-10-13-20(14-11-16)17(21)9-8-15-6-4-3-5-7-15/h1,3-9,16H,10-14H2,(H,19,22)/b9-8+. The largest absolute Gasteiger partial charge is 0.345 e. The summed E-state index contributed by atoms with van der Waals surface area (Å²) in [7, 11) is 0. The van der Waals surface area contributed by atoms with Crippen LogP contribution in [0, 0.1) is 18.3 Å². The molecule has 1 heterocycles. The highest BCUT2D eigenvalue weighted by atomic mass is 16.2. The Bertz CT molecular complexity index is 579. The normalized spacial score (nSPS) is 15.5. The second kappa shape index (κ2) is 8.04. The van der Waals surface area contributed by atoms with Gasteiger partial charge in [0.1, 0.15) is 0 Å². The maximum atomic E-state index is 12.1. The average Bonchev–Trinajstić information content (AvgIpc) is 2.58. The number of carbonyl (C=O) groups excluding carboxylic acids is 2. The van der Waals surface area contributed by atoms with E-state index in [4.69, 9.17) is 6.42 Å². The molecule has 22 heavy (non-hydrogen) atoms. The first kappa shape index (κ1) is 15.8. The number of amides is 2. The molecule has 1 fully saturated rings. The van der Waals surface area contributed by atoms with Gasteiger partial charge in [-0.15, -0.1) is 6.42 Å². The van der Waals surface area contributed by atoms with Crippen LogP contribution in [0.4, 0.5) is 0 Å². The zero-order valence-electron chi connectivity index (χ0n) is 12.5. The summed E-state index contributed by atoms with van der Waals surface area (Å²) < 4.78 is 0. The third-order valence-corrected chi connectivity index (χ3v) is 3.76. The molecule has 2 rings (SSSR count). The molecule has 1 aromatic rings. The van der Waals surface area contributed by atoms with Crippen LogP contribution in [0.15, 0.2) is 36.4 Å². The third kappa shape index (κ3) is 4.49. The van der Waals surface area contributed by atoms with Gasteiger partial charge in [0.25, 0.3) is 0 Å². The van der Waals surface area contributed by atoms with Gasteiger partial charge in [-0.1, -0.05) is 36.3 Å². The van der Waals surface area contributed by atoms with Crippen LogP contribution in [0.5, 0.6) is 0 Å². The number of terminal acetylenes is 1. The monoisotopic (exact) mass is 296 g/mol. The lowest BCUT2D eigenvalue weighted by molar-refractivity contribution is -0.132. The lowest BCUT2D eigenvalue weighted by atomic mass is 9.96. The maximum Gasteiger partial charge on any atom is 0.246 e. The van der Waals surface area contributed by atoms with Crippen LogP contribution in [0.25, 0.3) is 6.08 Å². The molecule has 1 aliphatic rings. The SMILES string of the molecule is C#CCNC(=O)C1CCN(C(=O)/C=C/c2ccccc2)CC1. The van der Waals surface area contributed by atoms with E-state index >= 15 is 0 Å². The van der Waals surface area contributed by atoms with Gasteiger partial charge in [-0.05, 0) is 24.5 Å². The quantitative estimate of drug-likeness (QED) is 0.679. The molecule has 0 unspecified atom stereocenters. The molecule has 114 valence electrons. The van der Waals surface area contributed by atoms with Gasteiger partial charge in [0.15, 0.2) is 0 Å². The highest BCUT2D eigenvalue weighted by molar-refractivity contribution is 5.92. The molecular weight excluding hydrogens is 276 g/mol. The molecule has 4 nitrogen and oxygen atoms in total.